The van der Waals surface area contributed by atoms with Gasteiger partial charge in [-0.1, -0.05) is 102 Å². The van der Waals surface area contributed by atoms with Crippen LogP contribution in [0.25, 0.3) is 0 Å². The number of hydrogen-bond donors (Lipinski definition) is 0. The topological polar surface area (TPSA) is 0 Å². The SMILES string of the molecule is C=C/C=C/C=C/CCCCCCCCCCCC. The summed E-state index contributed by atoms with van der Waals surface area (Å²) in [6.45, 7) is 5.92. The predicted octanol–water partition coefficient (Wildman–Crippen LogP) is 6.60. The highest BCUT2D eigenvalue weighted by atomic mass is 14.0. The smallest absolute Gasteiger partial charge is 0.0348 e. The molecule has 0 fully saturated rings. The minimum absolute atomic E-state index is 1.22. The molecule has 0 radical (unpaired) electrons. The monoisotopic (exact) mass is 248 g/mol. The molecule has 0 bridgehead atoms. The van der Waals surface area contributed by atoms with Gasteiger partial charge in [-0.2, -0.15) is 0 Å². The van der Waals surface area contributed by atoms with Crippen LogP contribution < -0.4 is 0 Å². The summed E-state index contributed by atoms with van der Waals surface area (Å²) in [6, 6.07) is 0. The molecule has 0 rings (SSSR count). The highest BCUT2D eigenvalue weighted by molar-refractivity contribution is 5.08. The van der Waals surface area contributed by atoms with Crippen molar-refractivity contribution in [1.29, 1.82) is 0 Å². The molecular weight excluding hydrogens is 216 g/mol. The predicted molar refractivity (Wildman–Crippen MR) is 84.9 cm³/mol. The van der Waals surface area contributed by atoms with Gasteiger partial charge in [0.2, 0.25) is 0 Å². The van der Waals surface area contributed by atoms with Gasteiger partial charge in [-0.05, 0) is 12.8 Å². The third-order valence-electron chi connectivity index (χ3n) is 3.22. The molecule has 0 aromatic rings. The van der Waals surface area contributed by atoms with Crippen LogP contribution >= 0.6 is 0 Å². The lowest BCUT2D eigenvalue weighted by Gasteiger charge is -2.01. The van der Waals surface area contributed by atoms with Gasteiger partial charge in [0.25, 0.3) is 0 Å². The van der Waals surface area contributed by atoms with Gasteiger partial charge in [-0.15, -0.1) is 0 Å². The highest BCUT2D eigenvalue weighted by Crippen LogP contribution is 2.11. The maximum absolute atomic E-state index is 3.64. The van der Waals surface area contributed by atoms with Crippen molar-refractivity contribution in [1.82, 2.24) is 0 Å². The van der Waals surface area contributed by atoms with Gasteiger partial charge in [0.15, 0.2) is 0 Å². The molecule has 0 aliphatic carbocycles. The standard InChI is InChI=1S/C18H32/c1-3-5-7-9-11-13-15-17-18-16-14-12-10-8-6-4-2/h3,5,7,9,11H,1,4,6,8,10,12-18H2,2H3/b7-5+,11-9+. The maximum atomic E-state index is 3.64. The van der Waals surface area contributed by atoms with Gasteiger partial charge in [0.1, 0.15) is 0 Å². The Bertz CT molecular complexity index is 210. The molecule has 0 heterocycles. The van der Waals surface area contributed by atoms with Crippen LogP contribution in [0.3, 0.4) is 0 Å². The second-order valence-corrected chi connectivity index (χ2v) is 5.02. The molecule has 0 aliphatic rings. The van der Waals surface area contributed by atoms with Gasteiger partial charge in [0.05, 0.1) is 0 Å². The van der Waals surface area contributed by atoms with Gasteiger partial charge in [0, 0.05) is 0 Å². The zero-order valence-electron chi connectivity index (χ0n) is 12.4. The fourth-order valence-corrected chi connectivity index (χ4v) is 2.07. The molecule has 0 N–H and O–H groups in total. The van der Waals surface area contributed by atoms with Crippen LogP contribution in [0.5, 0.6) is 0 Å². The fraction of sp³-hybridized carbons (Fsp3) is 0.667. The van der Waals surface area contributed by atoms with Gasteiger partial charge >= 0.3 is 0 Å². The summed E-state index contributed by atoms with van der Waals surface area (Å²) in [6.07, 6.45) is 25.6. The van der Waals surface area contributed by atoms with E-state index in [0.29, 0.717) is 0 Å². The number of allylic oxidation sites excluding steroid dienone is 5. The summed E-state index contributed by atoms with van der Waals surface area (Å²) < 4.78 is 0. The molecule has 0 unspecified atom stereocenters. The molecule has 0 amide bonds. The zero-order valence-corrected chi connectivity index (χ0v) is 12.4. The summed E-state index contributed by atoms with van der Waals surface area (Å²) >= 11 is 0. The average Bonchev–Trinajstić information content (AvgIpc) is 2.39. The van der Waals surface area contributed by atoms with Gasteiger partial charge in [-0.3, -0.25) is 0 Å². The Morgan fingerprint density at radius 3 is 1.78 bits per heavy atom. The van der Waals surface area contributed by atoms with Crippen molar-refractivity contribution in [2.45, 2.75) is 77.6 Å². The third-order valence-corrected chi connectivity index (χ3v) is 3.22. The molecule has 0 saturated carbocycles. The Morgan fingerprint density at radius 2 is 1.22 bits per heavy atom. The summed E-state index contributed by atoms with van der Waals surface area (Å²) in [5, 5.41) is 0. The molecule has 0 aromatic carbocycles. The van der Waals surface area contributed by atoms with E-state index in [9.17, 15) is 0 Å². The molecule has 0 nitrogen and oxygen atoms in total. The summed E-state index contributed by atoms with van der Waals surface area (Å²) in [7, 11) is 0. The van der Waals surface area contributed by atoms with Gasteiger partial charge < -0.3 is 0 Å². The van der Waals surface area contributed by atoms with Crippen molar-refractivity contribution in [2.75, 3.05) is 0 Å². The first-order valence-electron chi connectivity index (χ1n) is 7.86. The molecule has 0 aromatic heterocycles. The van der Waals surface area contributed by atoms with E-state index in [4.69, 9.17) is 0 Å². The van der Waals surface area contributed by atoms with Crippen LogP contribution in [-0.2, 0) is 0 Å². The van der Waals surface area contributed by atoms with Crippen molar-refractivity contribution in [2.24, 2.45) is 0 Å². The first-order valence-corrected chi connectivity index (χ1v) is 7.86. The number of rotatable bonds is 13. The fourth-order valence-electron chi connectivity index (χ4n) is 2.07. The van der Waals surface area contributed by atoms with Crippen LogP contribution in [-0.4, -0.2) is 0 Å². The summed E-state index contributed by atoms with van der Waals surface area (Å²) in [4.78, 5) is 0. The van der Waals surface area contributed by atoms with E-state index in [0.717, 1.165) is 0 Å². The number of hydrogen-bond acceptors (Lipinski definition) is 0. The van der Waals surface area contributed by atoms with E-state index in [2.05, 4.69) is 25.7 Å². The van der Waals surface area contributed by atoms with E-state index in [1.165, 1.54) is 70.6 Å². The number of unbranched alkanes of at least 4 members (excludes halogenated alkanes) is 10. The lowest BCUT2D eigenvalue weighted by molar-refractivity contribution is 0.557. The average molecular weight is 248 g/mol. The lowest BCUT2D eigenvalue weighted by atomic mass is 10.1. The van der Waals surface area contributed by atoms with Crippen LogP contribution in [0.1, 0.15) is 77.6 Å². The highest BCUT2D eigenvalue weighted by Gasteiger charge is 1.91. The van der Waals surface area contributed by atoms with Crippen LogP contribution in [0.15, 0.2) is 37.0 Å². The van der Waals surface area contributed by atoms with E-state index < -0.39 is 0 Å². The van der Waals surface area contributed by atoms with Crippen molar-refractivity contribution < 1.29 is 0 Å². The Morgan fingerprint density at radius 1 is 0.667 bits per heavy atom. The van der Waals surface area contributed by atoms with Crippen LogP contribution in [0.2, 0.25) is 0 Å². The Hall–Kier alpha value is -0.780. The quantitative estimate of drug-likeness (QED) is 0.254. The van der Waals surface area contributed by atoms with Crippen molar-refractivity contribution in [3.8, 4) is 0 Å². The Labute approximate surface area is 115 Å². The first-order chi connectivity index (χ1) is 8.91. The second-order valence-electron chi connectivity index (χ2n) is 5.02. The van der Waals surface area contributed by atoms with Crippen molar-refractivity contribution >= 4 is 0 Å². The minimum atomic E-state index is 1.22. The lowest BCUT2D eigenvalue weighted by Crippen LogP contribution is -1.81. The largest absolute Gasteiger partial charge is 0.0991 e. The molecule has 0 saturated heterocycles. The third kappa shape index (κ3) is 15.2. The molecule has 0 aliphatic heterocycles. The van der Waals surface area contributed by atoms with Crippen molar-refractivity contribution in [3.05, 3.63) is 37.0 Å². The first kappa shape index (κ1) is 17.2. The van der Waals surface area contributed by atoms with Gasteiger partial charge in [-0.25, -0.2) is 0 Å². The molecule has 104 valence electrons. The zero-order chi connectivity index (χ0) is 13.3. The maximum Gasteiger partial charge on any atom is -0.0348 e. The Kier molecular flexibility index (Phi) is 15.5. The Balaban J connectivity index is 3.05. The normalized spacial score (nSPS) is 11.6. The van der Waals surface area contributed by atoms with E-state index in [-0.39, 0.29) is 0 Å². The van der Waals surface area contributed by atoms with Crippen LogP contribution in [0.4, 0.5) is 0 Å². The van der Waals surface area contributed by atoms with E-state index in [1.807, 2.05) is 18.2 Å². The summed E-state index contributed by atoms with van der Waals surface area (Å²) in [5.41, 5.74) is 0. The molecule has 0 heteroatoms. The summed E-state index contributed by atoms with van der Waals surface area (Å²) in [5.74, 6) is 0. The minimum Gasteiger partial charge on any atom is -0.0991 e. The molecule has 0 spiro atoms. The molecule has 0 atom stereocenters. The van der Waals surface area contributed by atoms with E-state index in [1.54, 1.807) is 0 Å². The van der Waals surface area contributed by atoms with Crippen LogP contribution in [0, 0.1) is 0 Å². The molecule has 18 heavy (non-hydrogen) atoms. The van der Waals surface area contributed by atoms with E-state index >= 15 is 0 Å². The van der Waals surface area contributed by atoms with Crippen molar-refractivity contribution in [3.63, 3.8) is 0 Å². The molecular formula is C18H32. The second kappa shape index (κ2) is 16.2.